The number of esters is 1. The molecule has 0 amide bonds. The number of ether oxygens (including phenoxy) is 1. The summed E-state index contributed by atoms with van der Waals surface area (Å²) < 4.78 is 5.45. The number of halogens is 1. The number of carbonyl (C=O) groups excluding carboxylic acids is 2. The number of Topliss-reactive ketones (excluding diaryl/α,β-unsaturated/α-hetero) is 1. The molecular weight excluding hydrogens is 338 g/mol. The molecule has 1 heterocycles. The van der Waals surface area contributed by atoms with Gasteiger partial charge in [0.15, 0.2) is 5.78 Å². The van der Waals surface area contributed by atoms with E-state index < -0.39 is 11.9 Å². The van der Waals surface area contributed by atoms with Gasteiger partial charge in [0.2, 0.25) is 0 Å². The van der Waals surface area contributed by atoms with E-state index in [1.54, 1.807) is 6.07 Å². The second-order valence-corrected chi connectivity index (χ2v) is 7.15. The lowest BCUT2D eigenvalue weighted by Gasteiger charge is -2.34. The number of ketones is 1. The first-order chi connectivity index (χ1) is 11.9. The van der Waals surface area contributed by atoms with Crippen molar-refractivity contribution in [2.75, 3.05) is 0 Å². The maximum Gasteiger partial charge on any atom is 0.337 e. The maximum atomic E-state index is 12.8. The molecule has 2 aliphatic rings. The highest BCUT2D eigenvalue weighted by atomic mass is 35.5. The number of carbonyl (C=O) groups is 2. The number of nitrogens with one attached hydrogen (secondary N) is 1. The normalized spacial score (nSPS) is 20.5. The molecule has 0 fully saturated rings. The first kappa shape index (κ1) is 17.7. The van der Waals surface area contributed by atoms with Gasteiger partial charge in [0, 0.05) is 34.3 Å². The van der Waals surface area contributed by atoms with E-state index in [2.05, 4.69) is 5.32 Å². The number of hydrogen-bond donors (Lipinski definition) is 1. The molecule has 5 heteroatoms. The molecule has 1 aromatic rings. The highest BCUT2D eigenvalue weighted by molar-refractivity contribution is 6.31. The van der Waals surface area contributed by atoms with E-state index in [1.165, 1.54) is 0 Å². The summed E-state index contributed by atoms with van der Waals surface area (Å²) in [6.07, 6.45) is 1.87. The third kappa shape index (κ3) is 3.36. The van der Waals surface area contributed by atoms with Gasteiger partial charge in [-0.1, -0.05) is 29.8 Å². The van der Waals surface area contributed by atoms with Gasteiger partial charge in [-0.25, -0.2) is 4.79 Å². The molecule has 0 saturated carbocycles. The van der Waals surface area contributed by atoms with Crippen molar-refractivity contribution in [1.29, 1.82) is 0 Å². The molecule has 1 atom stereocenters. The Morgan fingerprint density at radius 1 is 1.28 bits per heavy atom. The fourth-order valence-corrected chi connectivity index (χ4v) is 3.80. The van der Waals surface area contributed by atoms with Crippen LogP contribution < -0.4 is 5.32 Å². The van der Waals surface area contributed by atoms with Gasteiger partial charge in [-0.2, -0.15) is 0 Å². The average molecular weight is 360 g/mol. The molecule has 1 aliphatic heterocycles. The van der Waals surface area contributed by atoms with Crippen molar-refractivity contribution >= 4 is 23.4 Å². The zero-order chi connectivity index (χ0) is 18.1. The Hall–Kier alpha value is -2.07. The van der Waals surface area contributed by atoms with E-state index >= 15 is 0 Å². The number of hydrogen-bond acceptors (Lipinski definition) is 4. The zero-order valence-electron chi connectivity index (χ0n) is 14.7. The van der Waals surface area contributed by atoms with Crippen molar-refractivity contribution < 1.29 is 14.3 Å². The van der Waals surface area contributed by atoms with Gasteiger partial charge in [0.25, 0.3) is 0 Å². The van der Waals surface area contributed by atoms with E-state index in [1.807, 2.05) is 39.0 Å². The Labute approximate surface area is 152 Å². The monoisotopic (exact) mass is 359 g/mol. The molecule has 0 spiro atoms. The van der Waals surface area contributed by atoms with Crippen molar-refractivity contribution in [2.24, 2.45) is 0 Å². The van der Waals surface area contributed by atoms with Crippen LogP contribution in [0.25, 0.3) is 0 Å². The third-order valence-corrected chi connectivity index (χ3v) is 4.90. The van der Waals surface area contributed by atoms with E-state index in [-0.39, 0.29) is 11.9 Å². The van der Waals surface area contributed by atoms with Gasteiger partial charge in [0.05, 0.1) is 11.7 Å². The first-order valence-electron chi connectivity index (χ1n) is 8.59. The zero-order valence-corrected chi connectivity index (χ0v) is 15.4. The van der Waals surface area contributed by atoms with Crippen LogP contribution in [0.2, 0.25) is 5.02 Å². The number of benzene rings is 1. The Morgan fingerprint density at radius 3 is 2.68 bits per heavy atom. The van der Waals surface area contributed by atoms with Gasteiger partial charge < -0.3 is 10.1 Å². The molecule has 0 radical (unpaired) electrons. The van der Waals surface area contributed by atoms with Crippen molar-refractivity contribution in [3.8, 4) is 0 Å². The van der Waals surface area contributed by atoms with E-state index in [0.717, 1.165) is 29.8 Å². The van der Waals surface area contributed by atoms with Crippen LogP contribution in [0.1, 0.15) is 51.5 Å². The Bertz CT molecular complexity index is 792. The van der Waals surface area contributed by atoms with Crippen LogP contribution in [0, 0.1) is 0 Å². The minimum absolute atomic E-state index is 0.0704. The fraction of sp³-hybridized carbons (Fsp3) is 0.400. The molecule has 3 rings (SSSR count). The Morgan fingerprint density at radius 2 is 2.00 bits per heavy atom. The second-order valence-electron chi connectivity index (χ2n) is 6.74. The summed E-state index contributed by atoms with van der Waals surface area (Å²) >= 11 is 6.43. The molecule has 4 nitrogen and oxygen atoms in total. The SMILES string of the molecule is CC1=C(C(=O)OC(C)C)C(c2ccccc2Cl)C2=C(CCCC2=O)N1. The minimum Gasteiger partial charge on any atom is -0.460 e. The summed E-state index contributed by atoms with van der Waals surface area (Å²) in [7, 11) is 0. The van der Waals surface area contributed by atoms with Crippen molar-refractivity contribution in [2.45, 2.75) is 52.1 Å². The summed E-state index contributed by atoms with van der Waals surface area (Å²) in [5, 5.41) is 3.81. The highest BCUT2D eigenvalue weighted by Crippen LogP contribution is 2.44. The van der Waals surface area contributed by atoms with E-state index in [9.17, 15) is 9.59 Å². The van der Waals surface area contributed by atoms with Crippen LogP contribution in [0.4, 0.5) is 0 Å². The van der Waals surface area contributed by atoms with Crippen LogP contribution in [0.15, 0.2) is 46.8 Å². The van der Waals surface area contributed by atoms with Crippen molar-refractivity contribution in [1.82, 2.24) is 5.32 Å². The van der Waals surface area contributed by atoms with Crippen LogP contribution >= 0.6 is 11.6 Å². The largest absolute Gasteiger partial charge is 0.460 e. The molecule has 132 valence electrons. The third-order valence-electron chi connectivity index (χ3n) is 4.55. The molecule has 0 bridgehead atoms. The van der Waals surface area contributed by atoms with Crippen LogP contribution in [-0.4, -0.2) is 17.9 Å². The fourth-order valence-electron chi connectivity index (χ4n) is 3.55. The number of dihydropyridines is 1. The molecule has 0 saturated heterocycles. The predicted octanol–water partition coefficient (Wildman–Crippen LogP) is 4.26. The lowest BCUT2D eigenvalue weighted by Crippen LogP contribution is -2.35. The topological polar surface area (TPSA) is 55.4 Å². The smallest absolute Gasteiger partial charge is 0.337 e. The van der Waals surface area contributed by atoms with Crippen LogP contribution in [0.3, 0.4) is 0 Å². The summed E-state index contributed by atoms with van der Waals surface area (Å²) in [5.41, 5.74) is 3.52. The van der Waals surface area contributed by atoms with Gasteiger partial charge in [-0.15, -0.1) is 0 Å². The lowest BCUT2D eigenvalue weighted by atomic mass is 9.75. The molecule has 1 aliphatic carbocycles. The molecular formula is C20H22ClNO3. The van der Waals surface area contributed by atoms with Crippen LogP contribution in [0.5, 0.6) is 0 Å². The molecule has 1 N–H and O–H groups in total. The van der Waals surface area contributed by atoms with Crippen molar-refractivity contribution in [3.63, 3.8) is 0 Å². The molecule has 1 aromatic carbocycles. The van der Waals surface area contributed by atoms with Gasteiger partial charge >= 0.3 is 5.97 Å². The second kappa shape index (κ2) is 7.04. The van der Waals surface area contributed by atoms with Gasteiger partial charge in [-0.05, 0) is 45.2 Å². The molecule has 25 heavy (non-hydrogen) atoms. The lowest BCUT2D eigenvalue weighted by molar-refractivity contribution is -0.143. The maximum absolute atomic E-state index is 12.8. The number of rotatable bonds is 3. The molecule has 0 aromatic heterocycles. The summed E-state index contributed by atoms with van der Waals surface area (Å²) in [5.74, 6) is -0.820. The first-order valence-corrected chi connectivity index (χ1v) is 8.97. The highest BCUT2D eigenvalue weighted by Gasteiger charge is 2.39. The van der Waals surface area contributed by atoms with Gasteiger partial charge in [0.1, 0.15) is 0 Å². The van der Waals surface area contributed by atoms with Crippen LogP contribution in [-0.2, 0) is 14.3 Å². The quantitative estimate of drug-likeness (QED) is 0.819. The average Bonchev–Trinajstić information content (AvgIpc) is 2.53. The Kier molecular flexibility index (Phi) is 5.00. The number of allylic oxidation sites excluding steroid dienone is 3. The van der Waals surface area contributed by atoms with Crippen molar-refractivity contribution in [3.05, 3.63) is 57.4 Å². The predicted molar refractivity (Wildman–Crippen MR) is 97.1 cm³/mol. The summed E-state index contributed by atoms with van der Waals surface area (Å²) in [6.45, 7) is 5.47. The Balaban J connectivity index is 2.17. The summed E-state index contributed by atoms with van der Waals surface area (Å²) in [6, 6.07) is 7.37. The van der Waals surface area contributed by atoms with Gasteiger partial charge in [-0.3, -0.25) is 4.79 Å². The summed E-state index contributed by atoms with van der Waals surface area (Å²) in [4.78, 5) is 25.5. The standard InChI is InChI=1S/C20H22ClNO3/c1-11(2)25-20(24)17-12(3)22-15-9-6-10-16(23)19(15)18(17)13-7-4-5-8-14(13)21/h4-5,7-8,11,18,22H,6,9-10H2,1-3H3. The van der Waals surface area contributed by atoms with E-state index in [0.29, 0.717) is 22.6 Å². The minimum atomic E-state index is -0.482. The molecule has 1 unspecified atom stereocenters. The van der Waals surface area contributed by atoms with E-state index in [4.69, 9.17) is 16.3 Å².